The first-order valence-electron chi connectivity index (χ1n) is 7.93. The minimum absolute atomic E-state index is 0.0367. The SMILES string of the molecule is O=[N+]([O-])c1cc([C@@H]2Nc3c(Cl)cc(Cl)c(Cl)c3[C@@H]3C=CC[C@H]32)ccc1Cl. The second kappa shape index (κ2) is 6.61. The maximum Gasteiger partial charge on any atom is 0.288 e. The monoisotopic (exact) mass is 428 g/mol. The van der Waals surface area contributed by atoms with E-state index in [0.717, 1.165) is 23.2 Å². The molecule has 0 radical (unpaired) electrons. The summed E-state index contributed by atoms with van der Waals surface area (Å²) in [6.45, 7) is 0. The van der Waals surface area contributed by atoms with Crippen LogP contribution in [0, 0.1) is 16.0 Å². The van der Waals surface area contributed by atoms with Crippen molar-refractivity contribution in [3.8, 4) is 0 Å². The van der Waals surface area contributed by atoms with Crippen LogP contribution in [0.2, 0.25) is 20.1 Å². The van der Waals surface area contributed by atoms with Crippen molar-refractivity contribution in [2.24, 2.45) is 5.92 Å². The van der Waals surface area contributed by atoms with Crippen molar-refractivity contribution < 1.29 is 4.92 Å². The van der Waals surface area contributed by atoms with E-state index < -0.39 is 4.92 Å². The maximum atomic E-state index is 11.3. The van der Waals surface area contributed by atoms with Crippen LogP contribution in [0.3, 0.4) is 0 Å². The number of hydrogen-bond acceptors (Lipinski definition) is 3. The van der Waals surface area contributed by atoms with E-state index in [-0.39, 0.29) is 28.6 Å². The molecule has 0 saturated heterocycles. The van der Waals surface area contributed by atoms with Crippen LogP contribution in [0.4, 0.5) is 11.4 Å². The summed E-state index contributed by atoms with van der Waals surface area (Å²) in [7, 11) is 0. The first-order valence-corrected chi connectivity index (χ1v) is 9.44. The molecule has 2 aromatic rings. The predicted molar refractivity (Wildman–Crippen MR) is 106 cm³/mol. The first kappa shape index (κ1) is 17.9. The molecule has 0 aromatic heterocycles. The minimum atomic E-state index is -0.476. The Bertz CT molecular complexity index is 961. The number of halogens is 4. The molecular weight excluding hydrogens is 418 g/mol. The van der Waals surface area contributed by atoms with Crippen LogP contribution in [-0.2, 0) is 0 Å². The van der Waals surface area contributed by atoms with E-state index in [1.54, 1.807) is 18.2 Å². The van der Waals surface area contributed by atoms with Gasteiger partial charge in [0.15, 0.2) is 0 Å². The van der Waals surface area contributed by atoms with Crippen LogP contribution in [0.25, 0.3) is 0 Å². The Balaban J connectivity index is 1.85. The molecular formula is C18H12Cl4N2O2. The number of nitrogens with zero attached hydrogens (tertiary/aromatic N) is 1. The van der Waals surface area contributed by atoms with Gasteiger partial charge < -0.3 is 5.32 Å². The third-order valence-corrected chi connectivity index (χ3v) is 6.43. The minimum Gasteiger partial charge on any atom is -0.376 e. The maximum absolute atomic E-state index is 11.3. The van der Waals surface area contributed by atoms with Crippen LogP contribution < -0.4 is 5.32 Å². The number of hydrogen-bond donors (Lipinski definition) is 1. The van der Waals surface area contributed by atoms with Crippen molar-refractivity contribution in [3.05, 3.63) is 77.7 Å². The average molecular weight is 430 g/mol. The summed E-state index contributed by atoms with van der Waals surface area (Å²) in [4.78, 5) is 10.8. The number of fused-ring (bicyclic) bond motifs is 3. The second-order valence-electron chi connectivity index (χ2n) is 6.39. The molecule has 0 unspecified atom stereocenters. The zero-order valence-electron chi connectivity index (χ0n) is 13.2. The molecule has 0 amide bonds. The standard InChI is InChI=1S/C18H12Cl4N2O2/c19-11-5-4-8(6-14(11)24(25)26)17-10-3-1-2-9(10)15-16(22)12(20)7-13(21)18(15)23-17/h1-2,4-7,9-10,17,23H,3H2/t9-,10-,17+/m1/s1. The van der Waals surface area contributed by atoms with Gasteiger partial charge in [-0.25, -0.2) is 0 Å². The molecule has 1 N–H and O–H groups in total. The Morgan fingerprint density at radius 1 is 1.08 bits per heavy atom. The van der Waals surface area contributed by atoms with Gasteiger partial charge in [-0.15, -0.1) is 0 Å². The van der Waals surface area contributed by atoms with Gasteiger partial charge >= 0.3 is 0 Å². The highest BCUT2D eigenvalue weighted by atomic mass is 35.5. The number of benzene rings is 2. The molecule has 3 atom stereocenters. The number of anilines is 1. The number of nitrogens with one attached hydrogen (secondary N) is 1. The molecule has 1 aliphatic heterocycles. The summed E-state index contributed by atoms with van der Waals surface area (Å²) in [5, 5.41) is 16.2. The highest BCUT2D eigenvalue weighted by molar-refractivity contribution is 6.44. The van der Waals surface area contributed by atoms with Gasteiger partial charge in [0.05, 0.1) is 31.7 Å². The third kappa shape index (κ3) is 2.76. The third-order valence-electron chi connectivity index (χ3n) is 5.01. The summed E-state index contributed by atoms with van der Waals surface area (Å²) >= 11 is 25.0. The number of allylic oxidation sites excluding steroid dienone is 2. The summed E-state index contributed by atoms with van der Waals surface area (Å²) in [5.41, 5.74) is 2.27. The second-order valence-corrected chi connectivity index (χ2v) is 7.99. The Morgan fingerprint density at radius 2 is 1.85 bits per heavy atom. The lowest BCUT2D eigenvalue weighted by atomic mass is 9.77. The molecule has 4 nitrogen and oxygen atoms in total. The molecule has 2 aromatic carbocycles. The molecule has 0 bridgehead atoms. The average Bonchev–Trinajstić information content (AvgIpc) is 3.08. The summed E-state index contributed by atoms with van der Waals surface area (Å²) in [6.07, 6.45) is 5.01. The highest BCUT2D eigenvalue weighted by Crippen LogP contribution is 2.55. The quantitative estimate of drug-likeness (QED) is 0.241. The van der Waals surface area contributed by atoms with E-state index in [1.807, 2.05) is 0 Å². The smallest absolute Gasteiger partial charge is 0.288 e. The zero-order valence-corrected chi connectivity index (χ0v) is 16.2. The zero-order chi connectivity index (χ0) is 18.6. The lowest BCUT2D eigenvalue weighted by molar-refractivity contribution is -0.384. The van der Waals surface area contributed by atoms with Gasteiger partial charge in [-0.2, -0.15) is 0 Å². The van der Waals surface area contributed by atoms with E-state index in [0.29, 0.717) is 15.1 Å². The van der Waals surface area contributed by atoms with Crippen LogP contribution >= 0.6 is 46.4 Å². The van der Waals surface area contributed by atoms with Gasteiger partial charge in [-0.1, -0.05) is 64.6 Å². The van der Waals surface area contributed by atoms with E-state index in [1.165, 1.54) is 6.07 Å². The normalized spacial score (nSPS) is 23.3. The van der Waals surface area contributed by atoms with Gasteiger partial charge in [0.2, 0.25) is 0 Å². The lowest BCUT2D eigenvalue weighted by Gasteiger charge is -2.38. The molecule has 0 saturated carbocycles. The van der Waals surface area contributed by atoms with Crippen LogP contribution in [0.1, 0.15) is 29.5 Å². The predicted octanol–water partition coefficient (Wildman–Crippen LogP) is 7.03. The fourth-order valence-electron chi connectivity index (χ4n) is 3.86. The van der Waals surface area contributed by atoms with E-state index >= 15 is 0 Å². The van der Waals surface area contributed by atoms with Crippen molar-refractivity contribution >= 4 is 57.8 Å². The van der Waals surface area contributed by atoms with Crippen LogP contribution in [0.5, 0.6) is 0 Å². The summed E-state index contributed by atoms with van der Waals surface area (Å²) in [6, 6.07) is 6.33. The van der Waals surface area contributed by atoms with Gasteiger partial charge in [-0.3, -0.25) is 10.1 Å². The Kier molecular flexibility index (Phi) is 4.56. The van der Waals surface area contributed by atoms with Crippen LogP contribution in [0.15, 0.2) is 36.4 Å². The van der Waals surface area contributed by atoms with E-state index in [9.17, 15) is 10.1 Å². The largest absolute Gasteiger partial charge is 0.376 e. The van der Waals surface area contributed by atoms with Crippen molar-refractivity contribution in [3.63, 3.8) is 0 Å². The topological polar surface area (TPSA) is 55.2 Å². The van der Waals surface area contributed by atoms with Crippen molar-refractivity contribution in [2.45, 2.75) is 18.4 Å². The fraction of sp³-hybridized carbons (Fsp3) is 0.222. The molecule has 26 heavy (non-hydrogen) atoms. The number of nitro groups is 1. The lowest BCUT2D eigenvalue weighted by Crippen LogP contribution is -2.29. The fourth-order valence-corrected chi connectivity index (χ4v) is 4.85. The summed E-state index contributed by atoms with van der Waals surface area (Å²) in [5.74, 6) is 0.185. The summed E-state index contributed by atoms with van der Waals surface area (Å²) < 4.78 is 0. The molecule has 1 aliphatic carbocycles. The Hall–Kier alpha value is -1.46. The molecule has 2 aliphatic rings. The van der Waals surface area contributed by atoms with Crippen LogP contribution in [-0.4, -0.2) is 4.92 Å². The van der Waals surface area contributed by atoms with Gasteiger partial charge in [0.25, 0.3) is 5.69 Å². The van der Waals surface area contributed by atoms with Gasteiger partial charge in [0.1, 0.15) is 5.02 Å². The Morgan fingerprint density at radius 3 is 2.58 bits per heavy atom. The van der Waals surface area contributed by atoms with E-state index in [4.69, 9.17) is 46.4 Å². The van der Waals surface area contributed by atoms with E-state index in [2.05, 4.69) is 17.5 Å². The highest BCUT2D eigenvalue weighted by Gasteiger charge is 2.41. The molecule has 0 spiro atoms. The first-order chi connectivity index (χ1) is 12.4. The molecule has 8 heteroatoms. The number of nitro benzene ring substituents is 1. The van der Waals surface area contributed by atoms with Gasteiger partial charge in [-0.05, 0) is 30.0 Å². The molecule has 4 rings (SSSR count). The number of rotatable bonds is 2. The van der Waals surface area contributed by atoms with Crippen molar-refractivity contribution in [2.75, 3.05) is 5.32 Å². The van der Waals surface area contributed by atoms with Gasteiger partial charge in [0, 0.05) is 17.5 Å². The van der Waals surface area contributed by atoms with Crippen molar-refractivity contribution in [1.82, 2.24) is 0 Å². The Labute approximate surface area is 169 Å². The van der Waals surface area contributed by atoms with Crippen molar-refractivity contribution in [1.29, 1.82) is 0 Å². The molecule has 1 heterocycles. The molecule has 134 valence electrons. The molecule has 0 fully saturated rings.